The van der Waals surface area contributed by atoms with E-state index in [1.165, 1.54) is 7.11 Å². The van der Waals surface area contributed by atoms with Gasteiger partial charge in [-0.15, -0.1) is 0 Å². The maximum Gasteiger partial charge on any atom is 0.243 e. The average Bonchev–Trinajstić information content (AvgIpc) is 2.37. The van der Waals surface area contributed by atoms with E-state index in [0.29, 0.717) is 5.69 Å². The molecule has 0 spiro atoms. The van der Waals surface area contributed by atoms with Gasteiger partial charge >= 0.3 is 0 Å². The monoisotopic (exact) mass is 251 g/mol. The molecule has 1 aromatic rings. The summed E-state index contributed by atoms with van der Waals surface area (Å²) in [6.07, 6.45) is 0. The number of nitrogens with two attached hydrogens (primary N) is 1. The highest BCUT2D eigenvalue weighted by molar-refractivity contribution is 5.95. The van der Waals surface area contributed by atoms with Crippen molar-refractivity contribution in [2.45, 2.75) is 6.04 Å². The highest BCUT2D eigenvalue weighted by Gasteiger charge is 2.13. The molecular formula is C12H17N3O3. The maximum atomic E-state index is 11.5. The summed E-state index contributed by atoms with van der Waals surface area (Å²) >= 11 is 0. The van der Waals surface area contributed by atoms with Crippen molar-refractivity contribution in [3.63, 3.8) is 0 Å². The first-order valence-corrected chi connectivity index (χ1v) is 5.50. The van der Waals surface area contributed by atoms with Gasteiger partial charge in [-0.1, -0.05) is 18.2 Å². The zero-order chi connectivity index (χ0) is 13.4. The molecule has 0 aliphatic carbocycles. The van der Waals surface area contributed by atoms with Crippen LogP contribution in [0.15, 0.2) is 30.3 Å². The number of amides is 2. The second-order valence-electron chi connectivity index (χ2n) is 3.69. The first kappa shape index (κ1) is 14.1. The van der Waals surface area contributed by atoms with Gasteiger partial charge in [-0.05, 0) is 12.1 Å². The Morgan fingerprint density at radius 1 is 1.33 bits per heavy atom. The topological polar surface area (TPSA) is 93.4 Å². The summed E-state index contributed by atoms with van der Waals surface area (Å²) in [6.45, 7) is -0.00270. The number of ether oxygens (including phenoxy) is 1. The van der Waals surface area contributed by atoms with Gasteiger partial charge in [-0.25, -0.2) is 0 Å². The molecule has 1 unspecified atom stereocenters. The summed E-state index contributed by atoms with van der Waals surface area (Å²) in [7, 11) is 1.45. The van der Waals surface area contributed by atoms with Crippen LogP contribution in [0, 0.1) is 0 Å². The molecule has 0 saturated carbocycles. The minimum atomic E-state index is -0.764. The molecule has 1 atom stereocenters. The lowest BCUT2D eigenvalue weighted by atomic mass is 10.3. The van der Waals surface area contributed by atoms with Gasteiger partial charge in [0, 0.05) is 12.8 Å². The van der Waals surface area contributed by atoms with Gasteiger partial charge < -0.3 is 21.1 Å². The highest BCUT2D eigenvalue weighted by atomic mass is 16.5. The Labute approximate surface area is 105 Å². The Morgan fingerprint density at radius 2 is 2.00 bits per heavy atom. The molecule has 2 amide bonds. The van der Waals surface area contributed by atoms with Crippen molar-refractivity contribution >= 4 is 17.5 Å². The van der Waals surface area contributed by atoms with Crippen LogP contribution in [0.1, 0.15) is 0 Å². The summed E-state index contributed by atoms with van der Waals surface area (Å²) in [5.41, 5.74) is 6.18. The minimum Gasteiger partial charge on any atom is -0.383 e. The van der Waals surface area contributed by atoms with Crippen LogP contribution in [0.2, 0.25) is 0 Å². The van der Waals surface area contributed by atoms with Crippen LogP contribution in [0.25, 0.3) is 0 Å². The van der Waals surface area contributed by atoms with E-state index in [0.717, 1.165) is 0 Å². The number of anilines is 1. The fraction of sp³-hybridized carbons (Fsp3) is 0.333. The third-order valence-corrected chi connectivity index (χ3v) is 2.16. The first-order chi connectivity index (χ1) is 8.63. The smallest absolute Gasteiger partial charge is 0.243 e. The Morgan fingerprint density at radius 3 is 2.61 bits per heavy atom. The van der Waals surface area contributed by atoms with Gasteiger partial charge in [0.15, 0.2) is 0 Å². The second-order valence-corrected chi connectivity index (χ2v) is 3.69. The first-order valence-electron chi connectivity index (χ1n) is 5.50. The molecule has 0 heterocycles. The molecule has 1 aromatic carbocycles. The molecule has 6 heteroatoms. The zero-order valence-electron chi connectivity index (χ0n) is 10.2. The second kappa shape index (κ2) is 7.41. The maximum absolute atomic E-state index is 11.5. The van der Waals surface area contributed by atoms with Crippen LogP contribution in [0.5, 0.6) is 0 Å². The van der Waals surface area contributed by atoms with E-state index in [1.807, 2.05) is 18.2 Å². The van der Waals surface area contributed by atoms with Gasteiger partial charge in [0.25, 0.3) is 0 Å². The Hall–Kier alpha value is -1.92. The van der Waals surface area contributed by atoms with E-state index in [4.69, 9.17) is 10.5 Å². The lowest BCUT2D eigenvalue weighted by molar-refractivity contribution is -0.126. The van der Waals surface area contributed by atoms with Crippen LogP contribution in [0.4, 0.5) is 5.69 Å². The number of rotatable bonds is 6. The summed E-state index contributed by atoms with van der Waals surface area (Å²) in [4.78, 5) is 22.9. The molecule has 6 nitrogen and oxygen atoms in total. The number of methoxy groups -OCH3 is 1. The average molecular weight is 251 g/mol. The number of hydrogen-bond donors (Lipinski definition) is 3. The van der Waals surface area contributed by atoms with E-state index in [2.05, 4.69) is 10.6 Å². The van der Waals surface area contributed by atoms with E-state index >= 15 is 0 Å². The van der Waals surface area contributed by atoms with E-state index in [1.54, 1.807) is 12.1 Å². The lowest BCUT2D eigenvalue weighted by Crippen LogP contribution is -2.45. The zero-order valence-corrected chi connectivity index (χ0v) is 10.2. The number of hydrogen-bond acceptors (Lipinski definition) is 4. The predicted molar refractivity (Wildman–Crippen MR) is 67.9 cm³/mol. The molecule has 0 radical (unpaired) electrons. The molecule has 98 valence electrons. The van der Waals surface area contributed by atoms with Gasteiger partial charge in [0.05, 0.1) is 13.2 Å². The van der Waals surface area contributed by atoms with Crippen molar-refractivity contribution < 1.29 is 14.3 Å². The van der Waals surface area contributed by atoms with Gasteiger partial charge in [-0.2, -0.15) is 0 Å². The highest BCUT2D eigenvalue weighted by Crippen LogP contribution is 2.03. The molecule has 0 aliphatic rings. The van der Waals surface area contributed by atoms with Crippen molar-refractivity contribution in [3.8, 4) is 0 Å². The molecule has 0 aliphatic heterocycles. The van der Waals surface area contributed by atoms with Crippen LogP contribution in [-0.2, 0) is 14.3 Å². The summed E-state index contributed by atoms with van der Waals surface area (Å²) in [6, 6.07) is 8.22. The van der Waals surface area contributed by atoms with Crippen LogP contribution in [-0.4, -0.2) is 38.1 Å². The lowest BCUT2D eigenvalue weighted by Gasteiger charge is -2.11. The van der Waals surface area contributed by atoms with E-state index in [-0.39, 0.29) is 19.1 Å². The van der Waals surface area contributed by atoms with Crippen LogP contribution < -0.4 is 16.4 Å². The van der Waals surface area contributed by atoms with Crippen molar-refractivity contribution in [3.05, 3.63) is 30.3 Å². The number of carbonyl (C=O) groups excluding carboxylic acids is 2. The number of nitrogens with one attached hydrogen (secondary N) is 2. The van der Waals surface area contributed by atoms with Gasteiger partial charge in [0.2, 0.25) is 11.8 Å². The standard InChI is InChI=1S/C12H17N3O3/c1-18-8-10(13)12(17)14-7-11(16)15-9-5-3-2-4-6-9/h2-6,10H,7-8,13H2,1H3,(H,14,17)(H,15,16). The molecule has 0 fully saturated rings. The molecule has 18 heavy (non-hydrogen) atoms. The Bertz CT molecular complexity index is 395. The SMILES string of the molecule is COCC(N)C(=O)NCC(=O)Nc1ccccc1. The van der Waals surface area contributed by atoms with Crippen molar-refractivity contribution in [1.82, 2.24) is 5.32 Å². The van der Waals surface area contributed by atoms with Crippen molar-refractivity contribution in [1.29, 1.82) is 0 Å². The third kappa shape index (κ3) is 4.94. The molecule has 1 rings (SSSR count). The van der Waals surface area contributed by atoms with Crippen LogP contribution >= 0.6 is 0 Å². The largest absolute Gasteiger partial charge is 0.383 e. The van der Waals surface area contributed by atoms with E-state index < -0.39 is 11.9 Å². The van der Waals surface area contributed by atoms with Crippen LogP contribution in [0.3, 0.4) is 0 Å². The van der Waals surface area contributed by atoms with Gasteiger partial charge in [-0.3, -0.25) is 9.59 Å². The molecule has 0 saturated heterocycles. The summed E-state index contributed by atoms with van der Waals surface area (Å²) in [5.74, 6) is -0.723. The van der Waals surface area contributed by atoms with Crippen molar-refractivity contribution in [2.75, 3.05) is 25.6 Å². The fourth-order valence-corrected chi connectivity index (χ4v) is 1.28. The number of para-hydroxylation sites is 1. The molecule has 0 bridgehead atoms. The summed E-state index contributed by atoms with van der Waals surface area (Å²) < 4.78 is 4.74. The Balaban J connectivity index is 2.31. The Kier molecular flexibility index (Phi) is 5.83. The fourth-order valence-electron chi connectivity index (χ4n) is 1.28. The van der Waals surface area contributed by atoms with Crippen molar-refractivity contribution in [2.24, 2.45) is 5.73 Å². The molecular weight excluding hydrogens is 234 g/mol. The quantitative estimate of drug-likeness (QED) is 0.648. The predicted octanol–water partition coefficient (Wildman–Crippen LogP) is -0.285. The minimum absolute atomic E-state index is 0.117. The normalized spacial score (nSPS) is 11.7. The third-order valence-electron chi connectivity index (χ3n) is 2.16. The molecule has 4 N–H and O–H groups in total. The van der Waals surface area contributed by atoms with Gasteiger partial charge in [0.1, 0.15) is 6.04 Å². The number of carbonyl (C=O) groups is 2. The molecule has 0 aromatic heterocycles. The summed E-state index contributed by atoms with van der Waals surface area (Å²) in [5, 5.41) is 5.07. The van der Waals surface area contributed by atoms with E-state index in [9.17, 15) is 9.59 Å². The number of benzene rings is 1.